The van der Waals surface area contributed by atoms with Crippen LogP contribution in [0.1, 0.15) is 13.8 Å². The van der Waals surface area contributed by atoms with Crippen molar-refractivity contribution in [3.05, 3.63) is 0 Å². The predicted molar refractivity (Wildman–Crippen MR) is 46.6 cm³/mol. The molecule has 1 fully saturated rings. The van der Waals surface area contributed by atoms with Gasteiger partial charge in [-0.3, -0.25) is 0 Å². The molecule has 68 valence electrons. The van der Waals surface area contributed by atoms with E-state index in [1.165, 1.54) is 0 Å². The Balaban J connectivity index is 2.06. The van der Waals surface area contributed by atoms with Crippen LogP contribution in [0.4, 0.5) is 0 Å². The molecule has 1 heterocycles. The molecule has 0 aromatic carbocycles. The highest BCUT2D eigenvalue weighted by Crippen LogP contribution is 2.24. The molecule has 0 aliphatic carbocycles. The van der Waals surface area contributed by atoms with Gasteiger partial charge in [-0.05, 0) is 6.92 Å². The van der Waals surface area contributed by atoms with Gasteiger partial charge in [-0.15, -0.1) is 0 Å². The summed E-state index contributed by atoms with van der Waals surface area (Å²) < 4.78 is 5.12. The Kier molecular flexibility index (Phi) is 3.07. The summed E-state index contributed by atoms with van der Waals surface area (Å²) in [7, 11) is 0. The van der Waals surface area contributed by atoms with Gasteiger partial charge in [-0.2, -0.15) is 5.26 Å². The third-order valence-corrected chi connectivity index (χ3v) is 2.12. The van der Waals surface area contributed by atoms with Crippen molar-refractivity contribution in [3.8, 4) is 6.07 Å². The van der Waals surface area contributed by atoms with Crippen LogP contribution in [-0.4, -0.2) is 26.3 Å². The van der Waals surface area contributed by atoms with Crippen LogP contribution in [0.15, 0.2) is 0 Å². The molecule has 0 aromatic heterocycles. The first kappa shape index (κ1) is 9.50. The van der Waals surface area contributed by atoms with E-state index in [0.29, 0.717) is 5.41 Å². The summed E-state index contributed by atoms with van der Waals surface area (Å²) in [6.07, 6.45) is 0. The summed E-state index contributed by atoms with van der Waals surface area (Å²) >= 11 is 0. The van der Waals surface area contributed by atoms with Gasteiger partial charge in [0.2, 0.25) is 0 Å². The Bertz CT molecular complexity index is 181. The van der Waals surface area contributed by atoms with E-state index in [1.807, 2.05) is 6.92 Å². The summed E-state index contributed by atoms with van der Waals surface area (Å²) in [5.74, 6) is 0.106. The van der Waals surface area contributed by atoms with E-state index in [4.69, 9.17) is 10.00 Å². The van der Waals surface area contributed by atoms with Crippen molar-refractivity contribution in [2.24, 2.45) is 11.3 Å². The van der Waals surface area contributed by atoms with Crippen molar-refractivity contribution in [1.29, 1.82) is 5.26 Å². The molecular weight excluding hydrogens is 152 g/mol. The Morgan fingerprint density at radius 2 is 2.33 bits per heavy atom. The molecular formula is C9H16N2O. The van der Waals surface area contributed by atoms with E-state index >= 15 is 0 Å². The Hall–Kier alpha value is -0.590. The fraction of sp³-hybridized carbons (Fsp3) is 0.889. The third-order valence-electron chi connectivity index (χ3n) is 2.12. The second-order valence-corrected chi connectivity index (χ2v) is 3.96. The van der Waals surface area contributed by atoms with Crippen molar-refractivity contribution >= 4 is 0 Å². The molecule has 0 aromatic rings. The standard InChI is InChI=1S/C9H16N2O/c1-8(3-10)4-11-5-9(2)6-12-7-9/h8,11H,4-7H2,1-2H3. The fourth-order valence-electron chi connectivity index (χ4n) is 1.19. The summed E-state index contributed by atoms with van der Waals surface area (Å²) in [4.78, 5) is 0. The number of nitrogens with one attached hydrogen (secondary N) is 1. The lowest BCUT2D eigenvalue weighted by Gasteiger charge is -2.38. The zero-order valence-corrected chi connectivity index (χ0v) is 7.76. The predicted octanol–water partition coefficient (Wildman–Crippen LogP) is 0.772. The van der Waals surface area contributed by atoms with Crippen LogP contribution >= 0.6 is 0 Å². The SMILES string of the molecule is CC(C#N)CNCC1(C)COC1. The first-order chi connectivity index (χ1) is 5.66. The number of rotatable bonds is 4. The molecule has 3 nitrogen and oxygen atoms in total. The van der Waals surface area contributed by atoms with Gasteiger partial charge in [-0.25, -0.2) is 0 Å². The van der Waals surface area contributed by atoms with Gasteiger partial charge in [0.15, 0.2) is 0 Å². The van der Waals surface area contributed by atoms with E-state index in [2.05, 4.69) is 18.3 Å². The molecule has 0 radical (unpaired) electrons. The van der Waals surface area contributed by atoms with Crippen LogP contribution in [0.5, 0.6) is 0 Å². The summed E-state index contributed by atoms with van der Waals surface area (Å²) in [5, 5.41) is 11.8. The molecule has 1 N–H and O–H groups in total. The molecule has 0 saturated carbocycles. The van der Waals surface area contributed by atoms with E-state index in [1.54, 1.807) is 0 Å². The lowest BCUT2D eigenvalue weighted by Crippen LogP contribution is -2.47. The minimum Gasteiger partial charge on any atom is -0.380 e. The quantitative estimate of drug-likeness (QED) is 0.674. The maximum absolute atomic E-state index is 8.52. The van der Waals surface area contributed by atoms with Crippen molar-refractivity contribution in [1.82, 2.24) is 5.32 Å². The van der Waals surface area contributed by atoms with Gasteiger partial charge in [-0.1, -0.05) is 6.92 Å². The summed E-state index contributed by atoms with van der Waals surface area (Å²) in [6.45, 7) is 7.56. The van der Waals surface area contributed by atoms with E-state index in [0.717, 1.165) is 26.3 Å². The average Bonchev–Trinajstić information content (AvgIpc) is 2.01. The van der Waals surface area contributed by atoms with Crippen molar-refractivity contribution in [3.63, 3.8) is 0 Å². The van der Waals surface area contributed by atoms with Crippen molar-refractivity contribution in [2.45, 2.75) is 13.8 Å². The Morgan fingerprint density at radius 1 is 1.67 bits per heavy atom. The zero-order chi connectivity index (χ0) is 9.03. The van der Waals surface area contributed by atoms with E-state index in [9.17, 15) is 0 Å². The minimum atomic E-state index is 0.106. The second-order valence-electron chi connectivity index (χ2n) is 3.96. The van der Waals surface area contributed by atoms with Crippen LogP contribution in [0.2, 0.25) is 0 Å². The molecule has 1 atom stereocenters. The van der Waals surface area contributed by atoms with Crippen LogP contribution in [0.3, 0.4) is 0 Å². The second kappa shape index (κ2) is 3.88. The van der Waals surface area contributed by atoms with Crippen LogP contribution < -0.4 is 5.32 Å². The molecule has 0 bridgehead atoms. The maximum Gasteiger partial charge on any atom is 0.0666 e. The van der Waals surface area contributed by atoms with Gasteiger partial charge in [0.25, 0.3) is 0 Å². The van der Waals surface area contributed by atoms with Crippen LogP contribution in [-0.2, 0) is 4.74 Å². The zero-order valence-electron chi connectivity index (χ0n) is 7.76. The smallest absolute Gasteiger partial charge is 0.0666 e. The van der Waals surface area contributed by atoms with Gasteiger partial charge < -0.3 is 10.1 Å². The highest BCUT2D eigenvalue weighted by Gasteiger charge is 2.32. The Morgan fingerprint density at radius 3 is 2.75 bits per heavy atom. The van der Waals surface area contributed by atoms with Crippen molar-refractivity contribution in [2.75, 3.05) is 26.3 Å². The normalized spacial score (nSPS) is 22.4. The monoisotopic (exact) mass is 168 g/mol. The molecule has 0 amide bonds. The molecule has 1 saturated heterocycles. The lowest BCUT2D eigenvalue weighted by atomic mass is 9.88. The topological polar surface area (TPSA) is 45.0 Å². The van der Waals surface area contributed by atoms with Crippen molar-refractivity contribution < 1.29 is 4.74 Å². The molecule has 1 aliphatic rings. The number of nitrogens with zero attached hydrogens (tertiary/aromatic N) is 1. The molecule has 1 rings (SSSR count). The minimum absolute atomic E-state index is 0.106. The highest BCUT2D eigenvalue weighted by molar-refractivity contribution is 4.85. The Labute approximate surface area is 73.7 Å². The maximum atomic E-state index is 8.52. The van der Waals surface area contributed by atoms with Gasteiger partial charge >= 0.3 is 0 Å². The van der Waals surface area contributed by atoms with Crippen LogP contribution in [0, 0.1) is 22.7 Å². The first-order valence-corrected chi connectivity index (χ1v) is 4.34. The van der Waals surface area contributed by atoms with E-state index < -0.39 is 0 Å². The van der Waals surface area contributed by atoms with E-state index in [-0.39, 0.29) is 5.92 Å². The summed E-state index contributed by atoms with van der Waals surface area (Å²) in [5.41, 5.74) is 0.315. The molecule has 12 heavy (non-hydrogen) atoms. The van der Waals surface area contributed by atoms with Crippen LogP contribution in [0.25, 0.3) is 0 Å². The molecule has 0 spiro atoms. The molecule has 1 unspecified atom stereocenters. The number of ether oxygens (including phenoxy) is 1. The first-order valence-electron chi connectivity index (χ1n) is 4.34. The average molecular weight is 168 g/mol. The lowest BCUT2D eigenvalue weighted by molar-refractivity contribution is -0.0990. The van der Waals surface area contributed by atoms with Gasteiger partial charge in [0.05, 0.1) is 25.2 Å². The number of hydrogen-bond donors (Lipinski definition) is 1. The number of hydrogen-bond acceptors (Lipinski definition) is 3. The van der Waals surface area contributed by atoms with Gasteiger partial charge in [0, 0.05) is 18.5 Å². The third kappa shape index (κ3) is 2.47. The number of nitriles is 1. The highest BCUT2D eigenvalue weighted by atomic mass is 16.5. The largest absolute Gasteiger partial charge is 0.380 e. The molecule has 3 heteroatoms. The molecule has 1 aliphatic heterocycles. The fourth-order valence-corrected chi connectivity index (χ4v) is 1.19. The van der Waals surface area contributed by atoms with Gasteiger partial charge in [0.1, 0.15) is 0 Å². The summed E-state index contributed by atoms with van der Waals surface area (Å²) in [6, 6.07) is 2.19.